The number of aromatic nitrogens is 3. The zero-order valence-electron chi connectivity index (χ0n) is 13.0. The highest BCUT2D eigenvalue weighted by molar-refractivity contribution is 5.86. The minimum Gasteiger partial charge on any atom is -0.352 e. The van der Waals surface area contributed by atoms with Crippen molar-refractivity contribution in [2.45, 2.75) is 51.1 Å². The van der Waals surface area contributed by atoms with Crippen LogP contribution in [0.25, 0.3) is 11.0 Å². The average molecular weight is 287 g/mol. The summed E-state index contributed by atoms with van der Waals surface area (Å²) in [5.74, 6) is 1.04. The summed E-state index contributed by atoms with van der Waals surface area (Å²) in [5, 5.41) is 0. The lowest BCUT2D eigenvalue weighted by atomic mass is 9.90. The molecule has 2 aromatic heterocycles. The maximum absolute atomic E-state index is 6.05. The van der Waals surface area contributed by atoms with Gasteiger partial charge in [-0.25, -0.2) is 9.97 Å². The lowest BCUT2D eigenvalue weighted by Crippen LogP contribution is -2.42. The fraction of sp³-hybridized carbons (Fsp3) is 0.625. The van der Waals surface area contributed by atoms with E-state index in [1.165, 1.54) is 0 Å². The van der Waals surface area contributed by atoms with E-state index in [1.54, 1.807) is 0 Å². The van der Waals surface area contributed by atoms with Crippen molar-refractivity contribution in [3.05, 3.63) is 18.6 Å². The first-order valence-electron chi connectivity index (χ1n) is 7.99. The van der Waals surface area contributed by atoms with E-state index < -0.39 is 0 Å². The number of aryl methyl sites for hydroxylation is 1. The molecular formula is C16H25N5. The number of fused-ring (bicyclic) bond motifs is 1. The van der Waals surface area contributed by atoms with Crippen LogP contribution in [0, 0.1) is 0 Å². The molecule has 3 rings (SSSR count). The molecule has 1 saturated carbocycles. The summed E-state index contributed by atoms with van der Waals surface area (Å²) in [6.07, 6.45) is 9.44. The lowest BCUT2D eigenvalue weighted by Gasteiger charge is -2.36. The monoisotopic (exact) mass is 287 g/mol. The molecule has 2 aromatic rings. The van der Waals surface area contributed by atoms with Gasteiger partial charge in [-0.05, 0) is 38.2 Å². The van der Waals surface area contributed by atoms with Crippen molar-refractivity contribution in [3.8, 4) is 0 Å². The first kappa shape index (κ1) is 14.3. The standard InChI is InChI=1S/C16H25N5/c1-3-10-21(13-6-4-12(17)5-7-13)16-15-14(8-9-18-16)20(2)11-19-15/h8-9,11-13H,3-7,10,17H2,1-2H3. The first-order chi connectivity index (χ1) is 10.2. The molecule has 2 heterocycles. The Bertz CT molecular complexity index is 598. The number of hydrogen-bond donors (Lipinski definition) is 1. The summed E-state index contributed by atoms with van der Waals surface area (Å²) in [7, 11) is 2.03. The van der Waals surface area contributed by atoms with Crippen LogP contribution in [0.4, 0.5) is 5.82 Å². The highest BCUT2D eigenvalue weighted by Gasteiger charge is 2.26. The van der Waals surface area contributed by atoms with Gasteiger partial charge in [0.05, 0.1) is 11.8 Å². The molecule has 0 radical (unpaired) electrons. The van der Waals surface area contributed by atoms with Crippen molar-refractivity contribution in [2.75, 3.05) is 11.4 Å². The van der Waals surface area contributed by atoms with E-state index in [4.69, 9.17) is 5.73 Å². The molecule has 1 fully saturated rings. The largest absolute Gasteiger partial charge is 0.352 e. The summed E-state index contributed by atoms with van der Waals surface area (Å²) in [6, 6.07) is 2.96. The molecule has 21 heavy (non-hydrogen) atoms. The van der Waals surface area contributed by atoms with Crippen molar-refractivity contribution < 1.29 is 0 Å². The molecule has 114 valence electrons. The van der Waals surface area contributed by atoms with Gasteiger partial charge in [-0.1, -0.05) is 6.92 Å². The van der Waals surface area contributed by atoms with Gasteiger partial charge in [0.2, 0.25) is 0 Å². The first-order valence-corrected chi connectivity index (χ1v) is 7.99. The van der Waals surface area contributed by atoms with Crippen molar-refractivity contribution in [1.82, 2.24) is 14.5 Å². The number of anilines is 1. The van der Waals surface area contributed by atoms with Crippen LogP contribution in [0.15, 0.2) is 18.6 Å². The Hall–Kier alpha value is -1.62. The Labute approximate surface area is 126 Å². The van der Waals surface area contributed by atoms with Gasteiger partial charge >= 0.3 is 0 Å². The molecule has 0 atom stereocenters. The normalized spacial score (nSPS) is 22.6. The lowest BCUT2D eigenvalue weighted by molar-refractivity contribution is 0.374. The van der Waals surface area contributed by atoms with Crippen LogP contribution in [-0.2, 0) is 7.05 Å². The van der Waals surface area contributed by atoms with E-state index in [9.17, 15) is 0 Å². The molecule has 0 saturated heterocycles. The molecule has 0 amide bonds. The van der Waals surface area contributed by atoms with Gasteiger partial charge in [0, 0.05) is 31.9 Å². The predicted molar refractivity (Wildman–Crippen MR) is 86.4 cm³/mol. The van der Waals surface area contributed by atoms with E-state index in [0.29, 0.717) is 12.1 Å². The Kier molecular flexibility index (Phi) is 4.10. The van der Waals surface area contributed by atoms with Gasteiger partial charge in [0.15, 0.2) is 5.82 Å². The Morgan fingerprint density at radius 1 is 1.29 bits per heavy atom. The van der Waals surface area contributed by atoms with Crippen LogP contribution >= 0.6 is 0 Å². The Morgan fingerprint density at radius 3 is 2.76 bits per heavy atom. The van der Waals surface area contributed by atoms with E-state index in [0.717, 1.165) is 55.5 Å². The minimum atomic E-state index is 0.378. The maximum Gasteiger partial charge on any atom is 0.156 e. The second-order valence-corrected chi connectivity index (χ2v) is 6.12. The van der Waals surface area contributed by atoms with Crippen LogP contribution in [0.3, 0.4) is 0 Å². The molecule has 0 spiro atoms. The third kappa shape index (κ3) is 2.75. The van der Waals surface area contributed by atoms with Gasteiger partial charge in [-0.3, -0.25) is 0 Å². The molecule has 5 nitrogen and oxygen atoms in total. The summed E-state index contributed by atoms with van der Waals surface area (Å²) < 4.78 is 2.06. The van der Waals surface area contributed by atoms with Crippen LogP contribution in [0.5, 0.6) is 0 Å². The van der Waals surface area contributed by atoms with Crippen molar-refractivity contribution >= 4 is 16.9 Å². The zero-order chi connectivity index (χ0) is 14.8. The number of imidazole rings is 1. The smallest absolute Gasteiger partial charge is 0.156 e. The highest BCUT2D eigenvalue weighted by atomic mass is 15.2. The molecule has 5 heteroatoms. The molecule has 0 aliphatic heterocycles. The SMILES string of the molecule is CCCN(c1nccc2c1ncn2C)C1CCC(N)CC1. The van der Waals surface area contributed by atoms with E-state index in [-0.39, 0.29) is 0 Å². The third-order valence-corrected chi connectivity index (χ3v) is 4.54. The second kappa shape index (κ2) is 6.02. The molecule has 2 N–H and O–H groups in total. The van der Waals surface area contributed by atoms with Crippen molar-refractivity contribution in [3.63, 3.8) is 0 Å². The molecule has 0 unspecified atom stereocenters. The van der Waals surface area contributed by atoms with Gasteiger partial charge in [0.25, 0.3) is 0 Å². The van der Waals surface area contributed by atoms with Gasteiger partial charge in [-0.15, -0.1) is 0 Å². The second-order valence-electron chi connectivity index (χ2n) is 6.12. The average Bonchev–Trinajstić information content (AvgIpc) is 2.88. The summed E-state index contributed by atoms with van der Waals surface area (Å²) in [4.78, 5) is 11.7. The number of nitrogens with two attached hydrogens (primary N) is 1. The number of rotatable bonds is 4. The topological polar surface area (TPSA) is 60.0 Å². The number of pyridine rings is 1. The third-order valence-electron chi connectivity index (χ3n) is 4.54. The van der Waals surface area contributed by atoms with Crippen molar-refractivity contribution in [2.24, 2.45) is 12.8 Å². The molecule has 0 bridgehead atoms. The van der Waals surface area contributed by atoms with Crippen LogP contribution < -0.4 is 10.6 Å². The van der Waals surface area contributed by atoms with Crippen LogP contribution in [0.2, 0.25) is 0 Å². The van der Waals surface area contributed by atoms with E-state index >= 15 is 0 Å². The summed E-state index contributed by atoms with van der Waals surface area (Å²) in [5.41, 5.74) is 8.22. The van der Waals surface area contributed by atoms with Crippen LogP contribution in [-0.4, -0.2) is 33.2 Å². The molecule has 0 aromatic carbocycles. The summed E-state index contributed by atoms with van der Waals surface area (Å²) >= 11 is 0. The van der Waals surface area contributed by atoms with Crippen molar-refractivity contribution in [1.29, 1.82) is 0 Å². The highest BCUT2D eigenvalue weighted by Crippen LogP contribution is 2.30. The fourth-order valence-electron chi connectivity index (χ4n) is 3.37. The number of hydrogen-bond acceptors (Lipinski definition) is 4. The fourth-order valence-corrected chi connectivity index (χ4v) is 3.37. The van der Waals surface area contributed by atoms with Gasteiger partial charge < -0.3 is 15.2 Å². The molecular weight excluding hydrogens is 262 g/mol. The van der Waals surface area contributed by atoms with Gasteiger partial charge in [0.1, 0.15) is 5.52 Å². The predicted octanol–water partition coefficient (Wildman–Crippen LogP) is 2.45. The number of nitrogens with zero attached hydrogens (tertiary/aromatic N) is 4. The van der Waals surface area contributed by atoms with E-state index in [1.807, 2.05) is 25.6 Å². The van der Waals surface area contributed by atoms with Crippen LogP contribution in [0.1, 0.15) is 39.0 Å². The molecule has 1 aliphatic carbocycles. The Morgan fingerprint density at radius 2 is 2.05 bits per heavy atom. The Balaban J connectivity index is 1.95. The quantitative estimate of drug-likeness (QED) is 0.938. The molecule has 1 aliphatic rings. The van der Waals surface area contributed by atoms with E-state index in [2.05, 4.69) is 26.4 Å². The zero-order valence-corrected chi connectivity index (χ0v) is 13.0. The van der Waals surface area contributed by atoms with Gasteiger partial charge in [-0.2, -0.15) is 0 Å². The maximum atomic E-state index is 6.05. The minimum absolute atomic E-state index is 0.378. The summed E-state index contributed by atoms with van der Waals surface area (Å²) in [6.45, 7) is 3.25.